The van der Waals surface area contributed by atoms with Crippen molar-refractivity contribution in [3.63, 3.8) is 0 Å². The molecule has 0 aliphatic heterocycles. The Kier molecular flexibility index (Phi) is 4.57. The standard InChI is InChI=1S/C15H18N2O4/c1-9-2-5-11(16-13(18)6-7-14(19)20)8-12(9)17-15(21)10-3-4-10/h2,5,8,10H,3-4,6-7H2,1H3,(H,16,18)(H,17,21)(H,19,20). The summed E-state index contributed by atoms with van der Waals surface area (Å²) in [6, 6.07) is 5.21. The van der Waals surface area contributed by atoms with Crippen LogP contribution in [0, 0.1) is 12.8 Å². The number of anilines is 2. The molecule has 2 amide bonds. The van der Waals surface area contributed by atoms with Crippen LogP contribution in [0.1, 0.15) is 31.2 Å². The number of nitrogens with one attached hydrogen (secondary N) is 2. The number of rotatable bonds is 6. The van der Waals surface area contributed by atoms with Gasteiger partial charge in [-0.25, -0.2) is 0 Å². The van der Waals surface area contributed by atoms with E-state index in [1.165, 1.54) is 0 Å². The molecule has 0 atom stereocenters. The van der Waals surface area contributed by atoms with E-state index in [-0.39, 0.29) is 30.6 Å². The van der Waals surface area contributed by atoms with Crippen molar-refractivity contribution in [3.8, 4) is 0 Å². The molecule has 1 aromatic rings. The van der Waals surface area contributed by atoms with Crippen LogP contribution in [0.5, 0.6) is 0 Å². The van der Waals surface area contributed by atoms with Crippen molar-refractivity contribution in [1.82, 2.24) is 0 Å². The third-order valence-corrected chi connectivity index (χ3v) is 3.29. The number of carbonyl (C=O) groups is 3. The van der Waals surface area contributed by atoms with Crippen LogP contribution in [-0.4, -0.2) is 22.9 Å². The molecule has 1 aliphatic rings. The number of aliphatic carboxylic acids is 1. The third kappa shape index (κ3) is 4.59. The van der Waals surface area contributed by atoms with Crippen LogP contribution < -0.4 is 10.6 Å². The van der Waals surface area contributed by atoms with Gasteiger partial charge < -0.3 is 15.7 Å². The molecule has 6 heteroatoms. The van der Waals surface area contributed by atoms with Crippen LogP contribution in [0.3, 0.4) is 0 Å². The Morgan fingerprint density at radius 3 is 2.52 bits per heavy atom. The lowest BCUT2D eigenvalue weighted by Crippen LogP contribution is -2.16. The first-order chi connectivity index (χ1) is 9.95. The molecule has 6 nitrogen and oxygen atoms in total. The maximum atomic E-state index is 11.8. The highest BCUT2D eigenvalue weighted by atomic mass is 16.4. The second kappa shape index (κ2) is 6.39. The molecular weight excluding hydrogens is 272 g/mol. The summed E-state index contributed by atoms with van der Waals surface area (Å²) in [6.45, 7) is 1.87. The summed E-state index contributed by atoms with van der Waals surface area (Å²) in [5, 5.41) is 14.0. The van der Waals surface area contributed by atoms with Gasteiger partial charge in [-0.3, -0.25) is 14.4 Å². The normalized spacial score (nSPS) is 13.6. The maximum absolute atomic E-state index is 11.8. The molecule has 21 heavy (non-hydrogen) atoms. The lowest BCUT2D eigenvalue weighted by Gasteiger charge is -2.11. The van der Waals surface area contributed by atoms with E-state index in [1.807, 2.05) is 6.92 Å². The second-order valence-electron chi connectivity index (χ2n) is 5.24. The Morgan fingerprint density at radius 1 is 1.19 bits per heavy atom. The van der Waals surface area contributed by atoms with Gasteiger partial charge in [0.25, 0.3) is 0 Å². The number of hydrogen-bond acceptors (Lipinski definition) is 3. The largest absolute Gasteiger partial charge is 0.481 e. The number of benzene rings is 1. The molecule has 0 bridgehead atoms. The molecule has 0 saturated heterocycles. The van der Waals surface area contributed by atoms with Crippen molar-refractivity contribution in [3.05, 3.63) is 23.8 Å². The lowest BCUT2D eigenvalue weighted by atomic mass is 10.1. The third-order valence-electron chi connectivity index (χ3n) is 3.29. The molecule has 0 spiro atoms. The van der Waals surface area contributed by atoms with E-state index in [0.717, 1.165) is 18.4 Å². The van der Waals surface area contributed by atoms with Crippen molar-refractivity contribution >= 4 is 29.2 Å². The van der Waals surface area contributed by atoms with E-state index < -0.39 is 5.97 Å². The van der Waals surface area contributed by atoms with Crippen molar-refractivity contribution in [2.45, 2.75) is 32.6 Å². The van der Waals surface area contributed by atoms with E-state index in [2.05, 4.69) is 10.6 Å². The molecule has 0 aromatic heterocycles. The molecule has 1 aromatic carbocycles. The van der Waals surface area contributed by atoms with Gasteiger partial charge in [0.05, 0.1) is 6.42 Å². The molecule has 3 N–H and O–H groups in total. The SMILES string of the molecule is Cc1ccc(NC(=O)CCC(=O)O)cc1NC(=O)C1CC1. The van der Waals surface area contributed by atoms with Gasteiger partial charge in [-0.05, 0) is 37.5 Å². The fourth-order valence-electron chi connectivity index (χ4n) is 1.86. The van der Waals surface area contributed by atoms with Crippen molar-refractivity contribution in [2.24, 2.45) is 5.92 Å². The van der Waals surface area contributed by atoms with Gasteiger partial charge in [0.2, 0.25) is 11.8 Å². The minimum absolute atomic E-state index is 0.00690. The van der Waals surface area contributed by atoms with Gasteiger partial charge in [-0.2, -0.15) is 0 Å². The maximum Gasteiger partial charge on any atom is 0.303 e. The number of amides is 2. The first kappa shape index (κ1) is 15.0. The number of carboxylic acids is 1. The van der Waals surface area contributed by atoms with Crippen LogP contribution in [0.4, 0.5) is 11.4 Å². The Morgan fingerprint density at radius 2 is 1.90 bits per heavy atom. The Labute approximate surface area is 122 Å². The molecular formula is C15H18N2O4. The summed E-state index contributed by atoms with van der Waals surface area (Å²) >= 11 is 0. The van der Waals surface area contributed by atoms with E-state index in [4.69, 9.17) is 5.11 Å². The topological polar surface area (TPSA) is 95.5 Å². The zero-order valence-corrected chi connectivity index (χ0v) is 11.8. The number of carbonyl (C=O) groups excluding carboxylic acids is 2. The lowest BCUT2D eigenvalue weighted by molar-refractivity contribution is -0.138. The van der Waals surface area contributed by atoms with Crippen LogP contribution in [0.15, 0.2) is 18.2 Å². The van der Waals surface area contributed by atoms with E-state index >= 15 is 0 Å². The fraction of sp³-hybridized carbons (Fsp3) is 0.400. The van der Waals surface area contributed by atoms with Crippen molar-refractivity contribution in [2.75, 3.05) is 10.6 Å². The monoisotopic (exact) mass is 290 g/mol. The van der Waals surface area contributed by atoms with E-state index in [1.54, 1.807) is 18.2 Å². The molecule has 112 valence electrons. The second-order valence-corrected chi connectivity index (χ2v) is 5.24. The van der Waals surface area contributed by atoms with Crippen molar-refractivity contribution in [1.29, 1.82) is 0 Å². The molecule has 1 fully saturated rings. The predicted octanol–water partition coefficient (Wildman–Crippen LogP) is 2.15. The summed E-state index contributed by atoms with van der Waals surface area (Å²) < 4.78 is 0. The van der Waals surface area contributed by atoms with Gasteiger partial charge in [-0.1, -0.05) is 6.07 Å². The van der Waals surface area contributed by atoms with Gasteiger partial charge in [0.15, 0.2) is 0 Å². The predicted molar refractivity (Wildman–Crippen MR) is 78.0 cm³/mol. The Balaban J connectivity index is 1.98. The average molecular weight is 290 g/mol. The highest BCUT2D eigenvalue weighted by Crippen LogP contribution is 2.31. The number of aryl methyl sites for hydroxylation is 1. The molecule has 0 heterocycles. The quantitative estimate of drug-likeness (QED) is 0.748. The smallest absolute Gasteiger partial charge is 0.303 e. The number of carboxylic acid groups (broad SMARTS) is 1. The zero-order valence-electron chi connectivity index (χ0n) is 11.8. The van der Waals surface area contributed by atoms with Crippen LogP contribution in [-0.2, 0) is 14.4 Å². The fourth-order valence-corrected chi connectivity index (χ4v) is 1.86. The van der Waals surface area contributed by atoms with Crippen molar-refractivity contribution < 1.29 is 19.5 Å². The van der Waals surface area contributed by atoms with Gasteiger partial charge >= 0.3 is 5.97 Å². The first-order valence-corrected chi connectivity index (χ1v) is 6.89. The van der Waals surface area contributed by atoms with E-state index in [0.29, 0.717) is 11.4 Å². The minimum Gasteiger partial charge on any atom is -0.481 e. The van der Waals surface area contributed by atoms with Crippen LogP contribution in [0.2, 0.25) is 0 Å². The minimum atomic E-state index is -1.01. The summed E-state index contributed by atoms with van der Waals surface area (Å²) in [7, 11) is 0. The Hall–Kier alpha value is -2.37. The van der Waals surface area contributed by atoms with Gasteiger partial charge in [0, 0.05) is 23.7 Å². The summed E-state index contributed by atoms with van der Waals surface area (Å²) in [5.74, 6) is -1.25. The highest BCUT2D eigenvalue weighted by Gasteiger charge is 2.29. The van der Waals surface area contributed by atoms with Gasteiger partial charge in [0.1, 0.15) is 0 Å². The Bertz CT molecular complexity index is 579. The summed E-state index contributed by atoms with van der Waals surface area (Å²) in [5.41, 5.74) is 2.12. The van der Waals surface area contributed by atoms with Crippen LogP contribution >= 0.6 is 0 Å². The highest BCUT2D eigenvalue weighted by molar-refractivity contribution is 5.97. The molecule has 0 radical (unpaired) electrons. The van der Waals surface area contributed by atoms with E-state index in [9.17, 15) is 14.4 Å². The molecule has 1 aliphatic carbocycles. The molecule has 1 saturated carbocycles. The molecule has 0 unspecified atom stereocenters. The van der Waals surface area contributed by atoms with Crippen LogP contribution in [0.25, 0.3) is 0 Å². The summed E-state index contributed by atoms with van der Waals surface area (Å²) in [4.78, 5) is 33.8. The molecule has 2 rings (SSSR count). The number of hydrogen-bond donors (Lipinski definition) is 3. The van der Waals surface area contributed by atoms with Gasteiger partial charge in [-0.15, -0.1) is 0 Å². The zero-order chi connectivity index (χ0) is 15.4. The summed E-state index contributed by atoms with van der Waals surface area (Å²) in [6.07, 6.45) is 1.57. The average Bonchev–Trinajstić information content (AvgIpc) is 3.24. The first-order valence-electron chi connectivity index (χ1n) is 6.89.